The van der Waals surface area contributed by atoms with Gasteiger partial charge in [-0.05, 0) is 28.3 Å². The smallest absolute Gasteiger partial charge is 0.205 e. The van der Waals surface area contributed by atoms with Crippen molar-refractivity contribution in [3.05, 3.63) is 70.8 Å². The largest absolute Gasteiger partial charge is 0.390 e. The first-order chi connectivity index (χ1) is 15.9. The second-order valence-electron chi connectivity index (χ2n) is 6.84. The highest BCUT2D eigenvalue weighted by atomic mass is 35.5. The normalized spacial score (nSPS) is 13.1. The predicted molar refractivity (Wildman–Crippen MR) is 116 cm³/mol. The van der Waals surface area contributed by atoms with E-state index in [1.165, 1.54) is 0 Å². The lowest BCUT2D eigenvalue weighted by Crippen LogP contribution is -2.09. The van der Waals surface area contributed by atoms with Crippen LogP contribution in [0.1, 0.15) is 40.9 Å². The molecule has 0 atom stereocenters. The molecule has 154 valence electrons. The van der Waals surface area contributed by atoms with Gasteiger partial charge < -0.3 is 9.67 Å². The number of aliphatic hydroxyl groups is 1. The molecular weight excluding hydrogens is 400 g/mol. The van der Waals surface area contributed by atoms with E-state index < -0.39 is 6.85 Å². The number of halogens is 1. The van der Waals surface area contributed by atoms with Crippen LogP contribution in [0.3, 0.4) is 0 Å². The minimum atomic E-state index is -1.98. The van der Waals surface area contributed by atoms with Crippen molar-refractivity contribution in [2.24, 2.45) is 0 Å². The van der Waals surface area contributed by atoms with Crippen LogP contribution in [-0.4, -0.2) is 35.3 Å². The first-order valence-corrected chi connectivity index (χ1v) is 10.0. The van der Waals surface area contributed by atoms with Gasteiger partial charge in [0.2, 0.25) is 5.82 Å². The molecule has 0 fully saturated rings. The first kappa shape index (κ1) is 16.7. The molecule has 0 unspecified atom stereocenters. The second-order valence-corrected chi connectivity index (χ2v) is 7.20. The summed E-state index contributed by atoms with van der Waals surface area (Å²) < 4.78 is 24.0. The fourth-order valence-electron chi connectivity index (χ4n) is 3.46. The van der Waals surface area contributed by atoms with Crippen molar-refractivity contribution in [3.8, 4) is 22.5 Å². The Morgan fingerprint density at radius 3 is 2.63 bits per heavy atom. The summed E-state index contributed by atoms with van der Waals surface area (Å²) >= 11 is 6.23. The quantitative estimate of drug-likeness (QED) is 0.439. The van der Waals surface area contributed by atoms with Crippen molar-refractivity contribution >= 4 is 11.6 Å². The zero-order valence-corrected chi connectivity index (χ0v) is 17.0. The van der Waals surface area contributed by atoms with E-state index >= 15 is 0 Å². The number of tetrazole rings is 1. The van der Waals surface area contributed by atoms with Crippen LogP contribution >= 0.6 is 11.6 Å². The maximum absolute atomic E-state index is 9.80. The van der Waals surface area contributed by atoms with E-state index in [0.717, 1.165) is 22.3 Å². The van der Waals surface area contributed by atoms with Crippen molar-refractivity contribution in [3.63, 3.8) is 0 Å². The number of aliphatic hydroxyl groups excluding tert-OH is 1. The van der Waals surface area contributed by atoms with Crippen LogP contribution < -0.4 is 0 Å². The molecule has 4 rings (SSSR count). The van der Waals surface area contributed by atoms with Crippen molar-refractivity contribution in [1.29, 1.82) is 0 Å². The molecular formula is C22H23ClN6O. The Morgan fingerprint density at radius 1 is 1.13 bits per heavy atom. The van der Waals surface area contributed by atoms with E-state index in [0.29, 0.717) is 36.7 Å². The zero-order chi connectivity index (χ0) is 23.4. The third kappa shape index (κ3) is 4.13. The summed E-state index contributed by atoms with van der Waals surface area (Å²) in [5.74, 6) is 1.19. The maximum atomic E-state index is 9.80. The number of aromatic amines is 1. The van der Waals surface area contributed by atoms with Crippen LogP contribution in [0.4, 0.5) is 0 Å². The lowest BCUT2D eigenvalue weighted by molar-refractivity contribution is 0.271. The molecule has 8 heteroatoms. The van der Waals surface area contributed by atoms with Gasteiger partial charge in [0.15, 0.2) is 5.15 Å². The summed E-state index contributed by atoms with van der Waals surface area (Å²) in [4.78, 5) is 4.36. The van der Waals surface area contributed by atoms with Crippen molar-refractivity contribution in [1.82, 2.24) is 30.2 Å². The SMILES string of the molecule is [2H]C([2H])([2H])CCCc1nc(Cl)c(CO)n1Cc1ccc(-c2ccccc2-c2nn[nH]n2)cc1. The molecule has 0 radical (unpaired) electrons. The van der Waals surface area contributed by atoms with Gasteiger partial charge in [-0.25, -0.2) is 4.98 Å². The highest BCUT2D eigenvalue weighted by molar-refractivity contribution is 6.30. The number of imidazole rings is 1. The standard InChI is InChI=1S/C22H23ClN6O/c1-2-3-8-20-24-21(23)19(14-30)29(20)13-15-9-11-16(12-10-15)17-6-4-5-7-18(17)22-25-27-28-26-22/h4-7,9-12,30H,2-3,8,13-14H2,1H3,(H,25,26,27,28)/i1D3. The molecule has 0 amide bonds. The summed E-state index contributed by atoms with van der Waals surface area (Å²) in [7, 11) is 0. The van der Waals surface area contributed by atoms with Gasteiger partial charge in [0.1, 0.15) is 5.82 Å². The average Bonchev–Trinajstić information content (AvgIpc) is 3.42. The van der Waals surface area contributed by atoms with Crippen LogP contribution in [0.2, 0.25) is 5.15 Å². The molecule has 7 nitrogen and oxygen atoms in total. The second kappa shape index (κ2) is 9.19. The summed E-state index contributed by atoms with van der Waals surface area (Å²) in [6, 6.07) is 15.9. The van der Waals surface area contributed by atoms with Crippen LogP contribution in [0.15, 0.2) is 48.5 Å². The summed E-state index contributed by atoms with van der Waals surface area (Å²) in [6.07, 6.45) is 1.02. The number of aryl methyl sites for hydroxylation is 1. The third-order valence-electron chi connectivity index (χ3n) is 4.95. The van der Waals surface area contributed by atoms with Crippen molar-refractivity contribution < 1.29 is 9.22 Å². The molecule has 0 saturated heterocycles. The van der Waals surface area contributed by atoms with Gasteiger partial charge in [-0.1, -0.05) is 73.4 Å². The lowest BCUT2D eigenvalue weighted by atomic mass is 9.98. The molecule has 0 saturated carbocycles. The van der Waals surface area contributed by atoms with E-state index in [1.807, 2.05) is 53.1 Å². The first-order valence-electron chi connectivity index (χ1n) is 11.1. The Hall–Kier alpha value is -3.03. The third-order valence-corrected chi connectivity index (χ3v) is 5.25. The molecule has 30 heavy (non-hydrogen) atoms. The zero-order valence-electron chi connectivity index (χ0n) is 19.2. The predicted octanol–water partition coefficient (Wildman–Crippen LogP) is 4.27. The summed E-state index contributed by atoms with van der Waals surface area (Å²) in [6.45, 7) is -1.76. The van der Waals surface area contributed by atoms with Gasteiger partial charge in [-0.15, -0.1) is 10.2 Å². The highest BCUT2D eigenvalue weighted by Crippen LogP contribution is 2.30. The van der Waals surface area contributed by atoms with Crippen molar-refractivity contribution in [2.75, 3.05) is 0 Å². The number of hydrogen-bond acceptors (Lipinski definition) is 5. The molecule has 0 aliphatic carbocycles. The minimum Gasteiger partial charge on any atom is -0.390 e. The Kier molecular flexibility index (Phi) is 5.13. The number of H-pyrrole nitrogens is 1. The van der Waals surface area contributed by atoms with Gasteiger partial charge in [0, 0.05) is 22.6 Å². The highest BCUT2D eigenvalue weighted by Gasteiger charge is 2.16. The van der Waals surface area contributed by atoms with Gasteiger partial charge in [-0.3, -0.25) is 0 Å². The average molecular weight is 426 g/mol. The molecule has 0 aliphatic rings. The number of rotatable bonds is 8. The van der Waals surface area contributed by atoms with Gasteiger partial charge >= 0.3 is 0 Å². The summed E-state index contributed by atoms with van der Waals surface area (Å²) in [5.41, 5.74) is 4.38. The van der Waals surface area contributed by atoms with Crippen LogP contribution in [0.25, 0.3) is 22.5 Å². The minimum absolute atomic E-state index is 0.0976. The number of hydrogen-bond donors (Lipinski definition) is 2. The number of nitrogens with one attached hydrogen (secondary N) is 1. The van der Waals surface area contributed by atoms with Crippen LogP contribution in [0, 0.1) is 0 Å². The molecule has 2 aromatic heterocycles. The van der Waals surface area contributed by atoms with E-state index in [-0.39, 0.29) is 18.2 Å². The number of aromatic nitrogens is 6. The molecule has 0 bridgehead atoms. The molecule has 4 aromatic rings. The van der Waals surface area contributed by atoms with E-state index in [4.69, 9.17) is 15.7 Å². The van der Waals surface area contributed by atoms with E-state index in [1.54, 1.807) is 0 Å². The topological polar surface area (TPSA) is 92.5 Å². The van der Waals surface area contributed by atoms with Crippen LogP contribution in [-0.2, 0) is 19.6 Å². The molecule has 0 spiro atoms. The van der Waals surface area contributed by atoms with Crippen LogP contribution in [0.5, 0.6) is 0 Å². The van der Waals surface area contributed by atoms with Gasteiger partial charge in [0.05, 0.1) is 12.3 Å². The summed E-state index contributed by atoms with van der Waals surface area (Å²) in [5, 5.41) is 24.4. The molecule has 2 aromatic carbocycles. The number of nitrogens with zero attached hydrogens (tertiary/aromatic N) is 5. The molecule has 2 N–H and O–H groups in total. The lowest BCUT2D eigenvalue weighted by Gasteiger charge is -2.12. The fraction of sp³-hybridized carbons (Fsp3) is 0.273. The maximum Gasteiger partial charge on any atom is 0.205 e. The van der Waals surface area contributed by atoms with E-state index in [9.17, 15) is 5.11 Å². The monoisotopic (exact) mass is 425 g/mol. The van der Waals surface area contributed by atoms with Gasteiger partial charge in [0.25, 0.3) is 0 Å². The van der Waals surface area contributed by atoms with Gasteiger partial charge in [-0.2, -0.15) is 5.21 Å². The van der Waals surface area contributed by atoms with Crippen molar-refractivity contribution in [2.45, 2.75) is 39.3 Å². The Morgan fingerprint density at radius 2 is 1.93 bits per heavy atom. The molecule has 0 aliphatic heterocycles. The van der Waals surface area contributed by atoms with E-state index in [2.05, 4.69) is 25.6 Å². The Bertz CT molecular complexity index is 1210. The Labute approximate surface area is 184 Å². The molecule has 2 heterocycles. The fourth-order valence-corrected chi connectivity index (χ4v) is 3.72. The Balaban J connectivity index is 1.57. The number of benzene rings is 2.